The van der Waals surface area contributed by atoms with E-state index in [-0.39, 0.29) is 29.6 Å². The molecule has 7 unspecified atom stereocenters. The first-order chi connectivity index (χ1) is 12.1. The van der Waals surface area contributed by atoms with Crippen molar-refractivity contribution in [3.05, 3.63) is 23.8 Å². The van der Waals surface area contributed by atoms with Crippen molar-refractivity contribution in [2.24, 2.45) is 23.2 Å². The Morgan fingerprint density at radius 1 is 1.42 bits per heavy atom. The Balaban J connectivity index is 2.12. The number of aliphatic hydroxyl groups is 1. The van der Waals surface area contributed by atoms with Crippen LogP contribution in [0.25, 0.3) is 0 Å². The first-order valence-electron chi connectivity index (χ1n) is 9.07. The van der Waals surface area contributed by atoms with Crippen molar-refractivity contribution in [3.63, 3.8) is 0 Å². The topological polar surface area (TPSA) is 89.9 Å². The van der Waals surface area contributed by atoms with Crippen molar-refractivity contribution >= 4 is 17.7 Å². The minimum absolute atomic E-state index is 0.0286. The van der Waals surface area contributed by atoms with E-state index in [1.807, 2.05) is 6.92 Å². The molecular weight excluding hydrogens is 336 g/mol. The number of Topliss-reactive ketones (excluding diaryl/α,β-unsaturated/α-hetero) is 1. The van der Waals surface area contributed by atoms with E-state index in [2.05, 4.69) is 6.58 Å². The fraction of sp³-hybridized carbons (Fsp3) is 0.650. The monoisotopic (exact) mass is 362 g/mol. The maximum absolute atomic E-state index is 12.9. The second kappa shape index (κ2) is 6.34. The van der Waals surface area contributed by atoms with Crippen LogP contribution in [0, 0.1) is 23.2 Å². The number of fused-ring (bicyclic) bond motifs is 2. The number of esters is 2. The van der Waals surface area contributed by atoms with Crippen LogP contribution in [0.4, 0.5) is 0 Å². The molecule has 0 aromatic heterocycles. The number of carbonyl (C=O) groups is 3. The van der Waals surface area contributed by atoms with E-state index in [0.29, 0.717) is 12.0 Å². The van der Waals surface area contributed by atoms with Crippen molar-refractivity contribution in [1.29, 1.82) is 0 Å². The molecule has 0 aromatic carbocycles. The van der Waals surface area contributed by atoms with Gasteiger partial charge in [-0.3, -0.25) is 4.79 Å². The van der Waals surface area contributed by atoms with Crippen LogP contribution in [-0.4, -0.2) is 41.1 Å². The molecule has 6 nitrogen and oxygen atoms in total. The molecule has 26 heavy (non-hydrogen) atoms. The Labute approximate surface area is 153 Å². The van der Waals surface area contributed by atoms with Crippen molar-refractivity contribution in [1.82, 2.24) is 0 Å². The quantitative estimate of drug-likeness (QED) is 0.597. The standard InChI is InChI=1S/C20H26O6/c1-6-9(2)18(23)26-17-15-11(4)19(24)25-13(15)7-10(3)16-12(21)8-14(22)20(16,17)5/h6,10,12-13,15-17,21H,4,7-8H2,1-3,5H3. The number of hydrogen-bond acceptors (Lipinski definition) is 6. The maximum Gasteiger partial charge on any atom is 0.334 e. The van der Waals surface area contributed by atoms with Crippen LogP contribution in [0.15, 0.2) is 23.8 Å². The van der Waals surface area contributed by atoms with Crippen molar-refractivity contribution in [3.8, 4) is 0 Å². The first-order valence-corrected chi connectivity index (χ1v) is 9.07. The van der Waals surface area contributed by atoms with Gasteiger partial charge in [0.2, 0.25) is 0 Å². The normalized spacial score (nSPS) is 42.8. The lowest BCUT2D eigenvalue weighted by Gasteiger charge is -2.40. The molecule has 3 fully saturated rings. The lowest BCUT2D eigenvalue weighted by Crippen LogP contribution is -2.50. The number of allylic oxidation sites excluding steroid dienone is 1. The highest BCUT2D eigenvalue weighted by atomic mass is 16.6. The molecule has 3 aliphatic rings. The van der Waals surface area contributed by atoms with E-state index in [0.717, 1.165) is 0 Å². The van der Waals surface area contributed by atoms with E-state index in [9.17, 15) is 19.5 Å². The number of carbonyl (C=O) groups excluding carboxylic acids is 3. The zero-order valence-electron chi connectivity index (χ0n) is 15.7. The summed E-state index contributed by atoms with van der Waals surface area (Å²) in [7, 11) is 0. The van der Waals surface area contributed by atoms with Gasteiger partial charge in [0, 0.05) is 23.5 Å². The van der Waals surface area contributed by atoms with Crippen LogP contribution in [-0.2, 0) is 23.9 Å². The van der Waals surface area contributed by atoms with Crippen molar-refractivity contribution in [2.75, 3.05) is 0 Å². The predicted octanol–water partition coefficient (Wildman–Crippen LogP) is 1.96. The summed E-state index contributed by atoms with van der Waals surface area (Å²) in [5.41, 5.74) is -0.436. The summed E-state index contributed by atoms with van der Waals surface area (Å²) in [5, 5.41) is 10.5. The summed E-state index contributed by atoms with van der Waals surface area (Å²) in [5.74, 6) is -2.21. The number of rotatable bonds is 2. The predicted molar refractivity (Wildman–Crippen MR) is 92.8 cm³/mol. The number of ether oxygens (including phenoxy) is 2. The molecule has 1 aliphatic heterocycles. The molecule has 0 aromatic rings. The molecule has 142 valence electrons. The molecule has 0 spiro atoms. The van der Waals surface area contributed by atoms with E-state index in [4.69, 9.17) is 9.47 Å². The molecule has 2 saturated carbocycles. The molecular formula is C20H26O6. The SMILES string of the molecule is C=C1C(=O)OC2CC(C)C3C(O)CC(=O)C3(C)C(OC(=O)C(C)=CC)C12. The van der Waals surface area contributed by atoms with Crippen molar-refractivity contribution in [2.45, 2.75) is 58.8 Å². The summed E-state index contributed by atoms with van der Waals surface area (Å²) >= 11 is 0. The molecule has 3 rings (SSSR count). The molecule has 0 bridgehead atoms. The average Bonchev–Trinajstić information content (AvgIpc) is 2.94. The van der Waals surface area contributed by atoms with Crippen LogP contribution in [0.3, 0.4) is 0 Å². The van der Waals surface area contributed by atoms with Crippen LogP contribution in [0.2, 0.25) is 0 Å². The third kappa shape index (κ3) is 2.54. The fourth-order valence-electron chi connectivity index (χ4n) is 5.07. The first kappa shape index (κ1) is 18.8. The van der Waals surface area contributed by atoms with Gasteiger partial charge in [-0.05, 0) is 33.1 Å². The van der Waals surface area contributed by atoms with E-state index in [1.165, 1.54) is 0 Å². The van der Waals surface area contributed by atoms with Crippen LogP contribution >= 0.6 is 0 Å². The Kier molecular flexibility index (Phi) is 4.59. The zero-order chi connectivity index (χ0) is 19.4. The number of aliphatic hydroxyl groups excluding tert-OH is 1. The van der Waals surface area contributed by atoms with Gasteiger partial charge in [0.05, 0.1) is 17.4 Å². The van der Waals surface area contributed by atoms with E-state index in [1.54, 1.807) is 26.8 Å². The van der Waals surface area contributed by atoms with Crippen molar-refractivity contribution < 1.29 is 29.0 Å². The molecule has 7 atom stereocenters. The van der Waals surface area contributed by atoms with Gasteiger partial charge in [0.25, 0.3) is 0 Å². The fourth-order valence-corrected chi connectivity index (χ4v) is 5.07. The van der Waals surface area contributed by atoms with Crippen LogP contribution in [0.1, 0.15) is 40.5 Å². The Hall–Kier alpha value is -1.95. The molecule has 1 N–H and O–H groups in total. The second-order valence-electron chi connectivity index (χ2n) is 8.01. The molecule has 1 saturated heterocycles. The highest BCUT2D eigenvalue weighted by molar-refractivity contribution is 5.94. The summed E-state index contributed by atoms with van der Waals surface area (Å²) < 4.78 is 11.3. The van der Waals surface area contributed by atoms with Crippen LogP contribution < -0.4 is 0 Å². The van der Waals surface area contributed by atoms with Gasteiger partial charge < -0.3 is 14.6 Å². The van der Waals surface area contributed by atoms with Gasteiger partial charge in [-0.15, -0.1) is 0 Å². The molecule has 0 amide bonds. The minimum Gasteiger partial charge on any atom is -0.458 e. The molecule has 0 radical (unpaired) electrons. The van der Waals surface area contributed by atoms with Gasteiger partial charge in [-0.2, -0.15) is 0 Å². The summed E-state index contributed by atoms with van der Waals surface area (Å²) in [6, 6.07) is 0. The largest absolute Gasteiger partial charge is 0.458 e. The molecule has 2 aliphatic carbocycles. The van der Waals surface area contributed by atoms with E-state index < -0.39 is 41.6 Å². The summed E-state index contributed by atoms with van der Waals surface area (Å²) in [6.07, 6.45) is -0.0358. The maximum atomic E-state index is 12.9. The summed E-state index contributed by atoms with van der Waals surface area (Å²) in [4.78, 5) is 37.6. The lowest BCUT2D eigenvalue weighted by atomic mass is 9.67. The minimum atomic E-state index is -1.08. The lowest BCUT2D eigenvalue weighted by molar-refractivity contribution is -0.162. The van der Waals surface area contributed by atoms with Crippen LogP contribution in [0.5, 0.6) is 0 Å². The second-order valence-corrected chi connectivity index (χ2v) is 8.01. The third-order valence-corrected chi connectivity index (χ3v) is 6.55. The number of ketones is 1. The highest BCUT2D eigenvalue weighted by Crippen LogP contribution is 2.56. The Bertz CT molecular complexity index is 707. The van der Waals surface area contributed by atoms with Gasteiger partial charge in [-0.1, -0.05) is 19.6 Å². The third-order valence-electron chi connectivity index (χ3n) is 6.55. The Morgan fingerprint density at radius 2 is 2.08 bits per heavy atom. The molecule has 6 heteroatoms. The Morgan fingerprint density at radius 3 is 2.69 bits per heavy atom. The molecule has 1 heterocycles. The highest BCUT2D eigenvalue weighted by Gasteiger charge is 2.65. The van der Waals surface area contributed by atoms with Gasteiger partial charge in [-0.25, -0.2) is 9.59 Å². The van der Waals surface area contributed by atoms with E-state index >= 15 is 0 Å². The van der Waals surface area contributed by atoms with Gasteiger partial charge in [0.15, 0.2) is 0 Å². The van der Waals surface area contributed by atoms with Gasteiger partial charge >= 0.3 is 11.9 Å². The summed E-state index contributed by atoms with van der Waals surface area (Å²) in [6.45, 7) is 10.9. The van der Waals surface area contributed by atoms with Gasteiger partial charge in [0.1, 0.15) is 18.0 Å². The number of hydrogen-bond donors (Lipinski definition) is 1. The smallest absolute Gasteiger partial charge is 0.334 e. The average molecular weight is 362 g/mol. The zero-order valence-corrected chi connectivity index (χ0v) is 15.7.